The number of carbonyl (C=O) groups is 1. The van der Waals surface area contributed by atoms with E-state index in [0.717, 1.165) is 12.8 Å². The molecule has 3 rings (SSSR count). The molecule has 3 aliphatic rings. The highest BCUT2D eigenvalue weighted by atomic mass is 16.6. The van der Waals surface area contributed by atoms with Crippen LogP contribution in [0.2, 0.25) is 0 Å². The molecule has 0 aromatic heterocycles. The molecule has 0 radical (unpaired) electrons. The highest BCUT2D eigenvalue weighted by molar-refractivity contribution is 5.74. The Labute approximate surface area is 82.9 Å². The van der Waals surface area contributed by atoms with Crippen molar-refractivity contribution in [2.24, 2.45) is 5.92 Å². The van der Waals surface area contributed by atoms with Crippen molar-refractivity contribution in [1.82, 2.24) is 5.32 Å². The first-order chi connectivity index (χ1) is 6.83. The van der Waals surface area contributed by atoms with Crippen molar-refractivity contribution in [2.45, 2.75) is 37.5 Å². The standard InChI is InChI=1S/C10H15NO3/c12-10(14-7-4-13-5-7)8-3-6-1-2-9(8)11-6/h6-9,11H,1-5H2. The van der Waals surface area contributed by atoms with E-state index in [1.807, 2.05) is 0 Å². The fourth-order valence-electron chi connectivity index (χ4n) is 2.62. The summed E-state index contributed by atoms with van der Waals surface area (Å²) < 4.78 is 10.3. The van der Waals surface area contributed by atoms with Gasteiger partial charge in [-0.3, -0.25) is 4.79 Å². The van der Waals surface area contributed by atoms with Gasteiger partial charge < -0.3 is 14.8 Å². The summed E-state index contributed by atoms with van der Waals surface area (Å²) in [5.41, 5.74) is 0. The van der Waals surface area contributed by atoms with E-state index >= 15 is 0 Å². The van der Waals surface area contributed by atoms with Gasteiger partial charge in [-0.15, -0.1) is 0 Å². The molecular weight excluding hydrogens is 182 g/mol. The second-order valence-electron chi connectivity index (χ2n) is 4.49. The summed E-state index contributed by atoms with van der Waals surface area (Å²) in [6.07, 6.45) is 3.35. The largest absolute Gasteiger partial charge is 0.457 e. The van der Waals surface area contributed by atoms with Gasteiger partial charge in [0.25, 0.3) is 0 Å². The lowest BCUT2D eigenvalue weighted by Gasteiger charge is -2.28. The maximum Gasteiger partial charge on any atom is 0.311 e. The zero-order valence-electron chi connectivity index (χ0n) is 8.07. The second-order valence-corrected chi connectivity index (χ2v) is 4.49. The van der Waals surface area contributed by atoms with E-state index in [1.165, 1.54) is 6.42 Å². The third kappa shape index (κ3) is 1.33. The fraction of sp³-hybridized carbons (Fsp3) is 0.900. The SMILES string of the molecule is O=C(OC1COC1)C1CC2CCC1N2. The molecule has 2 bridgehead atoms. The van der Waals surface area contributed by atoms with Crippen LogP contribution >= 0.6 is 0 Å². The first-order valence-electron chi connectivity index (χ1n) is 5.37. The van der Waals surface area contributed by atoms with E-state index in [9.17, 15) is 4.79 Å². The molecule has 3 saturated heterocycles. The van der Waals surface area contributed by atoms with Crippen LogP contribution in [0.25, 0.3) is 0 Å². The van der Waals surface area contributed by atoms with E-state index in [4.69, 9.17) is 9.47 Å². The molecule has 0 spiro atoms. The van der Waals surface area contributed by atoms with Gasteiger partial charge in [-0.2, -0.15) is 0 Å². The third-order valence-electron chi connectivity index (χ3n) is 3.49. The molecule has 3 atom stereocenters. The van der Waals surface area contributed by atoms with Crippen LogP contribution in [0.4, 0.5) is 0 Å². The van der Waals surface area contributed by atoms with Gasteiger partial charge in [0.05, 0.1) is 19.1 Å². The Morgan fingerprint density at radius 3 is 2.71 bits per heavy atom. The van der Waals surface area contributed by atoms with Gasteiger partial charge in [-0.25, -0.2) is 0 Å². The average molecular weight is 197 g/mol. The molecular formula is C10H15NO3. The molecule has 3 aliphatic heterocycles. The number of fused-ring (bicyclic) bond motifs is 2. The highest BCUT2D eigenvalue weighted by Crippen LogP contribution is 2.34. The van der Waals surface area contributed by atoms with Crippen molar-refractivity contribution < 1.29 is 14.3 Å². The molecule has 0 amide bonds. The van der Waals surface area contributed by atoms with Gasteiger partial charge in [-0.05, 0) is 19.3 Å². The number of ether oxygens (including phenoxy) is 2. The summed E-state index contributed by atoms with van der Waals surface area (Å²) >= 11 is 0. The van der Waals surface area contributed by atoms with E-state index in [-0.39, 0.29) is 18.0 Å². The van der Waals surface area contributed by atoms with E-state index in [0.29, 0.717) is 25.3 Å². The first kappa shape index (κ1) is 8.68. The fourth-order valence-corrected chi connectivity index (χ4v) is 2.62. The Hall–Kier alpha value is -0.610. The van der Waals surface area contributed by atoms with E-state index in [2.05, 4.69) is 5.32 Å². The maximum atomic E-state index is 11.7. The van der Waals surface area contributed by atoms with Gasteiger partial charge in [-0.1, -0.05) is 0 Å². The summed E-state index contributed by atoms with van der Waals surface area (Å²) in [6, 6.07) is 0.948. The van der Waals surface area contributed by atoms with Gasteiger partial charge in [0.15, 0.2) is 0 Å². The molecule has 4 nitrogen and oxygen atoms in total. The zero-order chi connectivity index (χ0) is 9.54. The summed E-state index contributed by atoms with van der Waals surface area (Å²) in [5, 5.41) is 3.44. The lowest BCUT2D eigenvalue weighted by Crippen LogP contribution is -2.41. The third-order valence-corrected chi connectivity index (χ3v) is 3.49. The van der Waals surface area contributed by atoms with Crippen LogP contribution in [-0.4, -0.2) is 37.4 Å². The summed E-state index contributed by atoms with van der Waals surface area (Å²) in [4.78, 5) is 11.7. The van der Waals surface area contributed by atoms with Crippen LogP contribution in [-0.2, 0) is 14.3 Å². The van der Waals surface area contributed by atoms with Gasteiger partial charge in [0, 0.05) is 12.1 Å². The van der Waals surface area contributed by atoms with Gasteiger partial charge >= 0.3 is 5.97 Å². The number of nitrogens with one attached hydrogen (secondary N) is 1. The van der Waals surface area contributed by atoms with Gasteiger partial charge in [0.2, 0.25) is 0 Å². The molecule has 3 fully saturated rings. The van der Waals surface area contributed by atoms with Crippen LogP contribution in [0.1, 0.15) is 19.3 Å². The molecule has 0 saturated carbocycles. The minimum absolute atomic E-state index is 0.0157. The Kier molecular flexibility index (Phi) is 1.99. The minimum Gasteiger partial charge on any atom is -0.457 e. The van der Waals surface area contributed by atoms with Gasteiger partial charge in [0.1, 0.15) is 6.10 Å². The number of hydrogen-bond donors (Lipinski definition) is 1. The number of hydrogen-bond acceptors (Lipinski definition) is 4. The smallest absolute Gasteiger partial charge is 0.311 e. The first-order valence-corrected chi connectivity index (χ1v) is 5.37. The van der Waals surface area contributed by atoms with Crippen molar-refractivity contribution in [3.8, 4) is 0 Å². The molecule has 14 heavy (non-hydrogen) atoms. The van der Waals surface area contributed by atoms with Crippen LogP contribution in [0, 0.1) is 5.92 Å². The Morgan fingerprint density at radius 2 is 2.21 bits per heavy atom. The second kappa shape index (κ2) is 3.21. The predicted octanol–water partition coefficient (Wildman–Crippen LogP) is 0.0689. The van der Waals surface area contributed by atoms with Crippen molar-refractivity contribution in [2.75, 3.05) is 13.2 Å². The number of rotatable bonds is 2. The van der Waals surface area contributed by atoms with Crippen LogP contribution in [0.3, 0.4) is 0 Å². The Morgan fingerprint density at radius 1 is 1.36 bits per heavy atom. The van der Waals surface area contributed by atoms with Crippen molar-refractivity contribution in [3.05, 3.63) is 0 Å². The number of carbonyl (C=O) groups excluding carboxylic acids is 1. The molecule has 0 aromatic rings. The molecule has 78 valence electrons. The monoisotopic (exact) mass is 197 g/mol. The topological polar surface area (TPSA) is 47.6 Å². The molecule has 3 heterocycles. The molecule has 1 N–H and O–H groups in total. The number of esters is 1. The Bertz CT molecular complexity index is 252. The van der Waals surface area contributed by atoms with Crippen molar-refractivity contribution in [3.63, 3.8) is 0 Å². The lowest BCUT2D eigenvalue weighted by atomic mass is 9.89. The quantitative estimate of drug-likeness (QED) is 0.636. The predicted molar refractivity (Wildman–Crippen MR) is 48.8 cm³/mol. The van der Waals surface area contributed by atoms with Crippen LogP contribution in [0.5, 0.6) is 0 Å². The van der Waals surface area contributed by atoms with Crippen LogP contribution < -0.4 is 5.32 Å². The van der Waals surface area contributed by atoms with Crippen molar-refractivity contribution >= 4 is 5.97 Å². The van der Waals surface area contributed by atoms with Crippen molar-refractivity contribution in [1.29, 1.82) is 0 Å². The molecule has 0 aromatic carbocycles. The normalized spacial score (nSPS) is 41.0. The minimum atomic E-state index is -0.0157. The summed E-state index contributed by atoms with van der Waals surface area (Å²) in [5.74, 6) is 0.0901. The van der Waals surface area contributed by atoms with E-state index < -0.39 is 0 Å². The molecule has 3 unspecified atom stereocenters. The zero-order valence-corrected chi connectivity index (χ0v) is 8.07. The van der Waals surface area contributed by atoms with Crippen LogP contribution in [0.15, 0.2) is 0 Å². The Balaban J connectivity index is 1.57. The average Bonchev–Trinajstić information content (AvgIpc) is 2.71. The van der Waals surface area contributed by atoms with E-state index in [1.54, 1.807) is 0 Å². The molecule has 4 heteroatoms. The lowest BCUT2D eigenvalue weighted by molar-refractivity contribution is -0.177. The summed E-state index contributed by atoms with van der Waals surface area (Å²) in [6.45, 7) is 1.17. The maximum absolute atomic E-state index is 11.7. The highest BCUT2D eigenvalue weighted by Gasteiger charge is 2.44. The summed E-state index contributed by atoms with van der Waals surface area (Å²) in [7, 11) is 0. The molecule has 0 aliphatic carbocycles.